The van der Waals surface area contributed by atoms with E-state index >= 15 is 0 Å². The van der Waals surface area contributed by atoms with E-state index < -0.39 is 4.92 Å². The van der Waals surface area contributed by atoms with Crippen LogP contribution in [-0.4, -0.2) is 21.0 Å². The van der Waals surface area contributed by atoms with Crippen molar-refractivity contribution < 1.29 is 9.72 Å². The maximum Gasteiger partial charge on any atom is 0.283 e. The largest absolute Gasteiger partial charge is 0.300 e. The molecule has 2 heterocycles. The van der Waals surface area contributed by atoms with E-state index in [1.165, 1.54) is 29.6 Å². The second kappa shape index (κ2) is 9.91. The summed E-state index contributed by atoms with van der Waals surface area (Å²) >= 11 is 8.35. The van der Waals surface area contributed by atoms with Gasteiger partial charge in [-0.15, -0.1) is 0 Å². The topological polar surface area (TPSA) is 97.5 Å². The number of benzene rings is 3. The number of pyridine rings is 1. The average molecular weight is 519 g/mol. The fourth-order valence-electron chi connectivity index (χ4n) is 3.39. The van der Waals surface area contributed by atoms with Gasteiger partial charge in [-0.25, -0.2) is 4.99 Å². The number of nitro groups is 1. The van der Waals surface area contributed by atoms with Gasteiger partial charge in [-0.1, -0.05) is 47.6 Å². The molecule has 3 aromatic carbocycles. The van der Waals surface area contributed by atoms with Gasteiger partial charge in [0.25, 0.3) is 11.6 Å². The monoisotopic (exact) mass is 518 g/mol. The number of carbonyl (C=O) groups excluding carboxylic acids is 1. The van der Waals surface area contributed by atoms with E-state index in [0.717, 1.165) is 15.8 Å². The standard InChI is InChI=1S/C25H15ClN4O3S2/c26-17-7-9-18(10-8-17)28-25-29-24(31)22(35-25)14-15-6-11-20(19(13-15)30(32)33)34-21-5-1-3-16-4-2-12-27-23(16)21/h1-14H,(H,28,29,31)/b22-14-. The lowest BCUT2D eigenvalue weighted by Gasteiger charge is -2.07. The Balaban J connectivity index is 1.42. The third-order valence-electron chi connectivity index (χ3n) is 5.00. The zero-order chi connectivity index (χ0) is 24.4. The highest BCUT2D eigenvalue weighted by molar-refractivity contribution is 8.18. The predicted octanol–water partition coefficient (Wildman–Crippen LogP) is 6.84. The van der Waals surface area contributed by atoms with Gasteiger partial charge in [0.15, 0.2) is 5.17 Å². The van der Waals surface area contributed by atoms with Gasteiger partial charge >= 0.3 is 0 Å². The van der Waals surface area contributed by atoms with Crippen LogP contribution in [0.3, 0.4) is 0 Å². The van der Waals surface area contributed by atoms with Crippen LogP contribution in [0.15, 0.2) is 98.7 Å². The van der Waals surface area contributed by atoms with E-state index in [1.807, 2.05) is 30.3 Å². The number of halogens is 1. The lowest BCUT2D eigenvalue weighted by molar-refractivity contribution is -0.387. The lowest BCUT2D eigenvalue weighted by Crippen LogP contribution is -2.19. The van der Waals surface area contributed by atoms with Crippen molar-refractivity contribution in [2.24, 2.45) is 4.99 Å². The van der Waals surface area contributed by atoms with Crippen molar-refractivity contribution in [1.82, 2.24) is 10.3 Å². The number of nitrogens with one attached hydrogen (secondary N) is 1. The molecule has 0 atom stereocenters. The molecule has 0 unspecified atom stereocenters. The molecule has 1 aromatic heterocycles. The summed E-state index contributed by atoms with van der Waals surface area (Å²) in [6.07, 6.45) is 3.32. The molecular weight excluding hydrogens is 504 g/mol. The Morgan fingerprint density at radius 2 is 1.86 bits per heavy atom. The van der Waals surface area contributed by atoms with Crippen LogP contribution in [0, 0.1) is 10.1 Å². The maximum atomic E-state index is 12.4. The van der Waals surface area contributed by atoms with Crippen molar-refractivity contribution in [3.05, 3.63) is 105 Å². The van der Waals surface area contributed by atoms with Gasteiger partial charge in [-0.3, -0.25) is 19.9 Å². The molecule has 4 aromatic rings. The molecule has 1 aliphatic heterocycles. The Hall–Kier alpha value is -3.66. The van der Waals surface area contributed by atoms with Crippen molar-refractivity contribution >= 4 is 74.6 Å². The molecule has 1 N–H and O–H groups in total. The Morgan fingerprint density at radius 3 is 2.66 bits per heavy atom. The molecule has 1 aliphatic rings. The molecule has 0 saturated carbocycles. The second-order valence-electron chi connectivity index (χ2n) is 7.38. The summed E-state index contributed by atoms with van der Waals surface area (Å²) in [6, 6.07) is 21.4. The highest BCUT2D eigenvalue weighted by Gasteiger charge is 2.24. The predicted molar refractivity (Wildman–Crippen MR) is 141 cm³/mol. The minimum absolute atomic E-state index is 0.0456. The van der Waals surface area contributed by atoms with Crippen LogP contribution in [0.25, 0.3) is 17.0 Å². The summed E-state index contributed by atoms with van der Waals surface area (Å²) in [5, 5.41) is 16.5. The number of fused-ring (bicyclic) bond motifs is 1. The molecule has 5 rings (SSSR count). The van der Waals surface area contributed by atoms with Gasteiger partial charge in [0.1, 0.15) is 0 Å². The van der Waals surface area contributed by atoms with Crippen LogP contribution < -0.4 is 5.32 Å². The Morgan fingerprint density at radius 1 is 1.06 bits per heavy atom. The summed E-state index contributed by atoms with van der Waals surface area (Å²) in [6.45, 7) is 0. The summed E-state index contributed by atoms with van der Waals surface area (Å²) in [5.74, 6) is -0.314. The SMILES string of the molecule is O=C1NC(=Nc2ccc(Cl)cc2)S/C1=C\c1ccc(Sc2cccc3cccnc23)c([N+](=O)[O-])c1. The van der Waals surface area contributed by atoms with Gasteiger partial charge in [-0.05, 0) is 65.9 Å². The van der Waals surface area contributed by atoms with Crippen molar-refractivity contribution in [1.29, 1.82) is 0 Å². The number of rotatable bonds is 5. The Bertz CT molecular complexity index is 1530. The summed E-state index contributed by atoms with van der Waals surface area (Å²) < 4.78 is 0. The molecule has 0 aliphatic carbocycles. The minimum atomic E-state index is -0.418. The number of aromatic nitrogens is 1. The first-order valence-electron chi connectivity index (χ1n) is 10.3. The molecule has 0 bridgehead atoms. The van der Waals surface area contributed by atoms with Crippen molar-refractivity contribution in [2.45, 2.75) is 9.79 Å². The molecule has 0 radical (unpaired) electrons. The second-order valence-corrected chi connectivity index (χ2v) is 9.93. The zero-order valence-corrected chi connectivity index (χ0v) is 20.2. The highest BCUT2D eigenvalue weighted by atomic mass is 35.5. The molecule has 1 amide bonds. The molecule has 1 saturated heterocycles. The molecule has 172 valence electrons. The van der Waals surface area contributed by atoms with Crippen LogP contribution in [-0.2, 0) is 4.79 Å². The van der Waals surface area contributed by atoms with E-state index in [1.54, 1.807) is 48.7 Å². The zero-order valence-electron chi connectivity index (χ0n) is 17.8. The van der Waals surface area contributed by atoms with E-state index in [-0.39, 0.29) is 11.6 Å². The van der Waals surface area contributed by atoms with Crippen LogP contribution in [0.1, 0.15) is 5.56 Å². The van der Waals surface area contributed by atoms with Gasteiger partial charge in [0.05, 0.1) is 25.9 Å². The molecule has 35 heavy (non-hydrogen) atoms. The van der Waals surface area contributed by atoms with Gasteiger partial charge < -0.3 is 5.32 Å². The number of hydrogen-bond donors (Lipinski definition) is 1. The number of nitro benzene ring substituents is 1. The van der Waals surface area contributed by atoms with Gasteiger partial charge in [0, 0.05) is 27.6 Å². The highest BCUT2D eigenvalue weighted by Crippen LogP contribution is 2.39. The molecular formula is C25H15ClN4O3S2. The Labute approximate surface area is 213 Å². The Kier molecular flexibility index (Phi) is 6.54. The number of carbonyl (C=O) groups is 1. The van der Waals surface area contributed by atoms with E-state index in [4.69, 9.17) is 11.6 Å². The van der Waals surface area contributed by atoms with Crippen LogP contribution in [0.2, 0.25) is 5.02 Å². The number of nitrogens with zero attached hydrogens (tertiary/aromatic N) is 3. The first-order chi connectivity index (χ1) is 17.0. The molecule has 7 nitrogen and oxygen atoms in total. The fraction of sp³-hybridized carbons (Fsp3) is 0. The smallest absolute Gasteiger partial charge is 0.283 e. The average Bonchev–Trinajstić information content (AvgIpc) is 3.19. The number of thioether (sulfide) groups is 1. The quantitative estimate of drug-likeness (QED) is 0.176. The van der Waals surface area contributed by atoms with Gasteiger partial charge in [-0.2, -0.15) is 0 Å². The summed E-state index contributed by atoms with van der Waals surface area (Å²) in [4.78, 5) is 34.4. The normalized spacial score (nSPS) is 15.6. The van der Waals surface area contributed by atoms with E-state index in [2.05, 4.69) is 15.3 Å². The minimum Gasteiger partial charge on any atom is -0.300 e. The first-order valence-corrected chi connectivity index (χ1v) is 12.3. The third-order valence-corrected chi connectivity index (χ3v) is 7.28. The number of amidine groups is 1. The van der Waals surface area contributed by atoms with Crippen molar-refractivity contribution in [3.63, 3.8) is 0 Å². The summed E-state index contributed by atoms with van der Waals surface area (Å²) in [5.41, 5.74) is 1.93. The summed E-state index contributed by atoms with van der Waals surface area (Å²) in [7, 11) is 0. The number of para-hydroxylation sites is 1. The van der Waals surface area contributed by atoms with Crippen molar-refractivity contribution in [2.75, 3.05) is 0 Å². The number of amides is 1. The lowest BCUT2D eigenvalue weighted by atomic mass is 10.2. The van der Waals surface area contributed by atoms with Crippen molar-refractivity contribution in [3.8, 4) is 0 Å². The van der Waals surface area contributed by atoms with Crippen LogP contribution in [0.4, 0.5) is 11.4 Å². The number of aliphatic imine (C=N–C) groups is 1. The van der Waals surface area contributed by atoms with Crippen LogP contribution >= 0.6 is 35.1 Å². The van der Waals surface area contributed by atoms with Crippen LogP contribution in [0.5, 0.6) is 0 Å². The molecule has 1 fully saturated rings. The third kappa shape index (κ3) is 5.22. The maximum absolute atomic E-state index is 12.4. The molecule has 0 spiro atoms. The molecule has 10 heteroatoms. The van der Waals surface area contributed by atoms with E-state index in [0.29, 0.717) is 31.2 Å². The number of hydrogen-bond acceptors (Lipinski definition) is 7. The first kappa shape index (κ1) is 23.1. The van der Waals surface area contributed by atoms with E-state index in [9.17, 15) is 14.9 Å². The fourth-order valence-corrected chi connectivity index (χ4v) is 5.39. The van der Waals surface area contributed by atoms with Gasteiger partial charge in [0.2, 0.25) is 0 Å².